The summed E-state index contributed by atoms with van der Waals surface area (Å²) in [6, 6.07) is 21.9. The lowest BCUT2D eigenvalue weighted by Gasteiger charge is -2.42. The Labute approximate surface area is 273 Å². The zero-order chi connectivity index (χ0) is 32.3. The topological polar surface area (TPSA) is 147 Å². The standard InChI is InChI=1S/C36H39N7O4/c37-35-29(21-30(40-41-35)28-3-1-2-4-31(28)44)24-5-8-26(9-6-24)43-19-15-27(16-20-43)42-17-13-23(14-18-42)25-7-12-34(38-22-25)47-32-10-11-33(45)39-36(32)46/h1-9,12,21-23,27,32,44H,10-11,13-20H2,(H2,37,41)(H,39,45,46). The number of piperidine rings is 3. The summed E-state index contributed by atoms with van der Waals surface area (Å²) in [5.41, 5.74) is 11.6. The second-order valence-electron chi connectivity index (χ2n) is 12.6. The first kappa shape index (κ1) is 30.6. The van der Waals surface area contributed by atoms with Crippen molar-refractivity contribution >= 4 is 23.3 Å². The number of hydrogen-bond acceptors (Lipinski definition) is 10. The lowest BCUT2D eigenvalue weighted by molar-refractivity contribution is -0.139. The molecular formula is C36H39N7O4. The summed E-state index contributed by atoms with van der Waals surface area (Å²) in [4.78, 5) is 33.0. The second kappa shape index (κ2) is 13.4. The molecule has 3 aliphatic heterocycles. The molecule has 3 aliphatic rings. The van der Waals surface area contributed by atoms with E-state index in [9.17, 15) is 14.7 Å². The highest BCUT2D eigenvalue weighted by Crippen LogP contribution is 2.35. The van der Waals surface area contributed by atoms with E-state index in [1.165, 1.54) is 11.3 Å². The van der Waals surface area contributed by atoms with Crippen molar-refractivity contribution in [2.75, 3.05) is 36.8 Å². The second-order valence-corrected chi connectivity index (χ2v) is 12.6. The number of carbonyl (C=O) groups excluding carboxylic acids is 2. The van der Waals surface area contributed by atoms with Crippen LogP contribution in [0, 0.1) is 0 Å². The van der Waals surface area contributed by atoms with Gasteiger partial charge in [-0.2, -0.15) is 0 Å². The average molecular weight is 634 g/mol. The monoisotopic (exact) mass is 633 g/mol. The van der Waals surface area contributed by atoms with E-state index in [1.807, 2.05) is 30.5 Å². The number of carbonyl (C=O) groups is 2. The van der Waals surface area contributed by atoms with Crippen LogP contribution in [0.1, 0.15) is 50.0 Å². The summed E-state index contributed by atoms with van der Waals surface area (Å²) < 4.78 is 5.74. The number of nitrogens with two attached hydrogens (primary N) is 1. The number of ether oxygens (including phenoxy) is 1. The predicted octanol–water partition coefficient (Wildman–Crippen LogP) is 4.53. The first-order valence-corrected chi connectivity index (χ1v) is 16.4. The highest BCUT2D eigenvalue weighted by atomic mass is 16.5. The highest BCUT2D eigenvalue weighted by Gasteiger charge is 2.30. The van der Waals surface area contributed by atoms with Gasteiger partial charge in [0.15, 0.2) is 11.9 Å². The van der Waals surface area contributed by atoms with Crippen molar-refractivity contribution in [1.29, 1.82) is 0 Å². The molecule has 11 nitrogen and oxygen atoms in total. The SMILES string of the molecule is Nc1nnc(-c2ccccc2O)cc1-c1ccc(N2CCC(N3CCC(c4ccc(OC5CCC(=O)NC5=O)nc4)CC3)CC2)cc1. The Morgan fingerprint density at radius 1 is 0.851 bits per heavy atom. The lowest BCUT2D eigenvalue weighted by atomic mass is 9.89. The number of aromatic nitrogens is 3. The number of nitrogens with zero attached hydrogens (tertiary/aromatic N) is 5. The van der Waals surface area contributed by atoms with Gasteiger partial charge >= 0.3 is 0 Å². The smallest absolute Gasteiger partial charge is 0.267 e. The Kier molecular flexibility index (Phi) is 8.71. The Balaban J connectivity index is 0.900. The predicted molar refractivity (Wildman–Crippen MR) is 179 cm³/mol. The van der Waals surface area contributed by atoms with Crippen molar-refractivity contribution < 1.29 is 19.4 Å². The molecule has 3 saturated heterocycles. The zero-order valence-corrected chi connectivity index (χ0v) is 26.2. The molecule has 0 spiro atoms. The van der Waals surface area contributed by atoms with Gasteiger partial charge in [0.1, 0.15) is 5.75 Å². The van der Waals surface area contributed by atoms with Crippen LogP contribution >= 0.6 is 0 Å². The molecular weight excluding hydrogens is 594 g/mol. The molecule has 0 aliphatic carbocycles. The minimum absolute atomic E-state index is 0.156. The molecule has 3 fully saturated rings. The number of nitrogens with one attached hydrogen (secondary N) is 1. The molecule has 4 aromatic rings. The number of amides is 2. The molecule has 242 valence electrons. The lowest BCUT2D eigenvalue weighted by Crippen LogP contribution is -2.47. The normalized spacial score (nSPS) is 19.8. The van der Waals surface area contributed by atoms with Crippen LogP contribution in [-0.2, 0) is 9.59 Å². The largest absolute Gasteiger partial charge is 0.507 e. The van der Waals surface area contributed by atoms with Crippen molar-refractivity contribution in [1.82, 2.24) is 25.4 Å². The highest BCUT2D eigenvalue weighted by molar-refractivity contribution is 5.99. The van der Waals surface area contributed by atoms with E-state index >= 15 is 0 Å². The van der Waals surface area contributed by atoms with Crippen molar-refractivity contribution in [3.8, 4) is 34.0 Å². The first-order chi connectivity index (χ1) is 22.9. The molecule has 5 heterocycles. The van der Waals surface area contributed by atoms with Crippen LogP contribution in [-0.4, -0.2) is 75.3 Å². The van der Waals surface area contributed by atoms with Crippen LogP contribution in [0.4, 0.5) is 11.5 Å². The van der Waals surface area contributed by atoms with Crippen LogP contribution in [0.15, 0.2) is 72.9 Å². The number of aromatic hydroxyl groups is 1. The van der Waals surface area contributed by atoms with Crippen LogP contribution in [0.2, 0.25) is 0 Å². The number of phenolic OH excluding ortho intramolecular Hbond substituents is 1. The van der Waals surface area contributed by atoms with Crippen LogP contribution in [0.3, 0.4) is 0 Å². The Morgan fingerprint density at radius 2 is 1.62 bits per heavy atom. The van der Waals surface area contributed by atoms with Crippen LogP contribution in [0.5, 0.6) is 11.6 Å². The van der Waals surface area contributed by atoms with Gasteiger partial charge in [-0.25, -0.2) is 4.98 Å². The Hall–Kier alpha value is -5.03. The van der Waals surface area contributed by atoms with Gasteiger partial charge in [-0.3, -0.25) is 14.9 Å². The first-order valence-electron chi connectivity index (χ1n) is 16.4. The fourth-order valence-corrected chi connectivity index (χ4v) is 7.03. The van der Waals surface area contributed by atoms with Crippen molar-refractivity contribution in [2.45, 2.75) is 56.6 Å². The van der Waals surface area contributed by atoms with E-state index in [0.717, 1.165) is 63.0 Å². The number of phenols is 1. The number of hydrogen-bond donors (Lipinski definition) is 3. The van der Waals surface area contributed by atoms with Gasteiger partial charge in [0, 0.05) is 61.1 Å². The van der Waals surface area contributed by atoms with Crippen molar-refractivity contribution in [3.05, 3.63) is 78.5 Å². The van der Waals surface area contributed by atoms with E-state index in [4.69, 9.17) is 10.5 Å². The van der Waals surface area contributed by atoms with Crippen molar-refractivity contribution in [2.24, 2.45) is 0 Å². The molecule has 4 N–H and O–H groups in total. The molecule has 2 amide bonds. The van der Waals surface area contributed by atoms with Crippen LogP contribution < -0.4 is 20.7 Å². The summed E-state index contributed by atoms with van der Waals surface area (Å²) in [6.07, 6.45) is 6.31. The summed E-state index contributed by atoms with van der Waals surface area (Å²) in [5.74, 6) is 0.736. The average Bonchev–Trinajstić information content (AvgIpc) is 3.11. The fourth-order valence-electron chi connectivity index (χ4n) is 7.03. The molecule has 0 bridgehead atoms. The molecule has 7 rings (SSSR count). The third-order valence-corrected chi connectivity index (χ3v) is 9.74. The third kappa shape index (κ3) is 6.76. The van der Waals surface area contributed by atoms with Crippen LogP contribution in [0.25, 0.3) is 22.4 Å². The number of pyridine rings is 1. The molecule has 1 unspecified atom stereocenters. The Bertz CT molecular complexity index is 1730. The van der Waals surface area contributed by atoms with Gasteiger partial charge < -0.3 is 25.4 Å². The minimum atomic E-state index is -0.672. The van der Waals surface area contributed by atoms with Gasteiger partial charge in [0.25, 0.3) is 5.91 Å². The maximum Gasteiger partial charge on any atom is 0.267 e. The number of imide groups is 1. The van der Waals surface area contributed by atoms with E-state index in [-0.39, 0.29) is 18.1 Å². The van der Waals surface area contributed by atoms with E-state index in [2.05, 4.69) is 60.6 Å². The van der Waals surface area contributed by atoms with Crippen molar-refractivity contribution in [3.63, 3.8) is 0 Å². The van der Waals surface area contributed by atoms with E-state index in [1.54, 1.807) is 12.1 Å². The maximum atomic E-state index is 12.0. The third-order valence-electron chi connectivity index (χ3n) is 9.74. The summed E-state index contributed by atoms with van der Waals surface area (Å²) in [7, 11) is 0. The molecule has 2 aromatic carbocycles. The van der Waals surface area contributed by atoms with Gasteiger partial charge in [-0.05, 0) is 86.1 Å². The summed E-state index contributed by atoms with van der Waals surface area (Å²) >= 11 is 0. The molecule has 11 heteroatoms. The number of rotatable bonds is 7. The van der Waals surface area contributed by atoms with Gasteiger partial charge in [-0.15, -0.1) is 10.2 Å². The molecule has 2 aromatic heterocycles. The fraction of sp³-hybridized carbons (Fsp3) is 0.361. The van der Waals surface area contributed by atoms with Gasteiger partial charge in [-0.1, -0.05) is 30.3 Å². The summed E-state index contributed by atoms with van der Waals surface area (Å²) in [5, 5.41) is 21.0. The number of anilines is 2. The summed E-state index contributed by atoms with van der Waals surface area (Å²) in [6.45, 7) is 4.17. The molecule has 0 radical (unpaired) electrons. The van der Waals surface area contributed by atoms with Gasteiger partial charge in [0.05, 0.1) is 5.69 Å². The van der Waals surface area contributed by atoms with E-state index in [0.29, 0.717) is 41.3 Å². The molecule has 0 saturated carbocycles. The van der Waals surface area contributed by atoms with Gasteiger partial charge in [0.2, 0.25) is 11.8 Å². The quantitative estimate of drug-likeness (QED) is 0.248. The minimum Gasteiger partial charge on any atom is -0.507 e. The number of benzene rings is 2. The molecule has 1 atom stereocenters. The van der Waals surface area contributed by atoms with E-state index < -0.39 is 12.0 Å². The number of nitrogen functional groups attached to an aromatic ring is 1. The number of para-hydroxylation sites is 1. The molecule has 47 heavy (non-hydrogen) atoms. The number of likely N-dealkylation sites (tertiary alicyclic amines) is 1. The maximum absolute atomic E-state index is 12.0. The Morgan fingerprint density at radius 3 is 2.32 bits per heavy atom. The zero-order valence-electron chi connectivity index (χ0n) is 26.2.